The van der Waals surface area contributed by atoms with E-state index in [0.29, 0.717) is 6.04 Å². The minimum absolute atomic E-state index is 0.0949. The van der Waals surface area contributed by atoms with Gasteiger partial charge in [0, 0.05) is 19.1 Å². The molecule has 1 aliphatic carbocycles. The smallest absolute Gasteiger partial charge is 0.0695 e. The fourth-order valence-corrected chi connectivity index (χ4v) is 2.58. The van der Waals surface area contributed by atoms with E-state index in [2.05, 4.69) is 30.8 Å². The summed E-state index contributed by atoms with van der Waals surface area (Å²) in [6.07, 6.45) is 5.73. The number of nitrogens with zero attached hydrogens (tertiary/aromatic N) is 2. The molecule has 0 aromatic rings. The van der Waals surface area contributed by atoms with Crippen LogP contribution in [0.5, 0.6) is 0 Å². The van der Waals surface area contributed by atoms with Gasteiger partial charge in [0.05, 0.1) is 6.10 Å². The van der Waals surface area contributed by atoms with Crippen molar-refractivity contribution in [2.45, 2.75) is 51.2 Å². The van der Waals surface area contributed by atoms with Gasteiger partial charge in [-0.05, 0) is 39.9 Å². The highest BCUT2D eigenvalue weighted by atomic mass is 16.3. The van der Waals surface area contributed by atoms with E-state index in [4.69, 9.17) is 0 Å². The summed E-state index contributed by atoms with van der Waals surface area (Å²) in [6.45, 7) is 5.51. The van der Waals surface area contributed by atoms with E-state index in [0.717, 1.165) is 26.1 Å². The Labute approximate surface area is 100 Å². The average molecular weight is 228 g/mol. The van der Waals surface area contributed by atoms with Crippen molar-refractivity contribution in [3.8, 4) is 0 Å². The molecular weight excluding hydrogens is 200 g/mol. The zero-order valence-electron chi connectivity index (χ0n) is 11.2. The van der Waals surface area contributed by atoms with Gasteiger partial charge >= 0.3 is 0 Å². The molecule has 0 aromatic heterocycles. The average Bonchev–Trinajstić information content (AvgIpc) is 2.25. The summed E-state index contributed by atoms with van der Waals surface area (Å²) in [4.78, 5) is 4.71. The molecule has 0 spiro atoms. The van der Waals surface area contributed by atoms with Crippen molar-refractivity contribution in [3.05, 3.63) is 0 Å². The van der Waals surface area contributed by atoms with Gasteiger partial charge in [-0.25, -0.2) is 0 Å². The van der Waals surface area contributed by atoms with Crippen LogP contribution in [-0.2, 0) is 0 Å². The molecule has 1 fully saturated rings. The molecule has 96 valence electrons. The van der Waals surface area contributed by atoms with Crippen LogP contribution in [0, 0.1) is 0 Å². The zero-order valence-corrected chi connectivity index (χ0v) is 11.2. The van der Waals surface area contributed by atoms with Crippen molar-refractivity contribution in [2.24, 2.45) is 0 Å². The van der Waals surface area contributed by atoms with Crippen LogP contribution in [0.15, 0.2) is 0 Å². The van der Waals surface area contributed by atoms with Crippen LogP contribution in [0.25, 0.3) is 0 Å². The Morgan fingerprint density at radius 1 is 1.06 bits per heavy atom. The van der Waals surface area contributed by atoms with Gasteiger partial charge in [0.25, 0.3) is 0 Å². The number of hydrogen-bond donors (Lipinski definition) is 1. The summed E-state index contributed by atoms with van der Waals surface area (Å²) in [5, 5.41) is 10.1. The first-order valence-corrected chi connectivity index (χ1v) is 6.72. The van der Waals surface area contributed by atoms with Crippen molar-refractivity contribution in [2.75, 3.05) is 33.7 Å². The van der Waals surface area contributed by atoms with Crippen molar-refractivity contribution in [1.82, 2.24) is 9.80 Å². The molecular formula is C13H28N2O. The van der Waals surface area contributed by atoms with Gasteiger partial charge in [-0.15, -0.1) is 0 Å². The molecule has 0 aromatic carbocycles. The molecule has 1 aliphatic rings. The number of likely N-dealkylation sites (N-methyl/N-ethyl adjacent to an activating group) is 1. The van der Waals surface area contributed by atoms with Crippen LogP contribution in [0.2, 0.25) is 0 Å². The van der Waals surface area contributed by atoms with Crippen molar-refractivity contribution in [3.63, 3.8) is 0 Å². The van der Waals surface area contributed by atoms with Gasteiger partial charge in [-0.3, -0.25) is 4.90 Å². The molecule has 3 nitrogen and oxygen atoms in total. The monoisotopic (exact) mass is 228 g/mol. The maximum Gasteiger partial charge on any atom is 0.0695 e. The predicted octanol–water partition coefficient (Wildman–Crippen LogP) is 1.56. The van der Waals surface area contributed by atoms with Gasteiger partial charge in [0.1, 0.15) is 0 Å². The number of aliphatic hydroxyl groups is 1. The van der Waals surface area contributed by atoms with Gasteiger partial charge in [0.15, 0.2) is 0 Å². The molecule has 0 radical (unpaired) electrons. The molecule has 0 heterocycles. The third-order valence-corrected chi connectivity index (χ3v) is 3.51. The van der Waals surface area contributed by atoms with Gasteiger partial charge in [-0.1, -0.05) is 19.8 Å². The van der Waals surface area contributed by atoms with Crippen LogP contribution in [0.4, 0.5) is 0 Å². The van der Waals surface area contributed by atoms with Crippen LogP contribution in [0.1, 0.15) is 39.0 Å². The fourth-order valence-electron chi connectivity index (χ4n) is 2.58. The van der Waals surface area contributed by atoms with E-state index < -0.39 is 0 Å². The molecule has 3 heteroatoms. The first-order valence-electron chi connectivity index (χ1n) is 6.72. The van der Waals surface area contributed by atoms with E-state index in [1.807, 2.05) is 0 Å². The minimum atomic E-state index is -0.0949. The largest absolute Gasteiger partial charge is 0.391 e. The molecule has 0 bridgehead atoms. The first kappa shape index (κ1) is 13.9. The van der Waals surface area contributed by atoms with Gasteiger partial charge in [0.2, 0.25) is 0 Å². The van der Waals surface area contributed by atoms with Crippen molar-refractivity contribution in [1.29, 1.82) is 0 Å². The molecule has 16 heavy (non-hydrogen) atoms. The Morgan fingerprint density at radius 3 is 2.31 bits per heavy atom. The van der Waals surface area contributed by atoms with Crippen LogP contribution in [-0.4, -0.2) is 60.8 Å². The molecule has 0 amide bonds. The quantitative estimate of drug-likeness (QED) is 0.747. The Balaban J connectivity index is 2.46. The SMILES string of the molecule is CCCN(CCN(C)C)[C@H]1CCCC[C@@H]1O. The second-order valence-electron chi connectivity index (χ2n) is 5.26. The maximum absolute atomic E-state index is 10.1. The van der Waals surface area contributed by atoms with Crippen LogP contribution in [0.3, 0.4) is 0 Å². The third kappa shape index (κ3) is 4.40. The highest BCUT2D eigenvalue weighted by Crippen LogP contribution is 2.23. The summed E-state index contributed by atoms with van der Waals surface area (Å²) < 4.78 is 0. The van der Waals surface area contributed by atoms with Crippen molar-refractivity contribution < 1.29 is 5.11 Å². The number of hydrogen-bond acceptors (Lipinski definition) is 3. The summed E-state index contributed by atoms with van der Waals surface area (Å²) in [6, 6.07) is 0.411. The standard InChI is InChI=1S/C13H28N2O/c1-4-9-15(11-10-14(2)3)12-7-5-6-8-13(12)16/h12-13,16H,4-11H2,1-3H3/t12-,13-/m0/s1. The molecule has 1 rings (SSSR count). The molecule has 1 saturated carbocycles. The lowest BCUT2D eigenvalue weighted by atomic mass is 9.91. The maximum atomic E-state index is 10.1. The second-order valence-corrected chi connectivity index (χ2v) is 5.26. The summed E-state index contributed by atoms with van der Waals surface area (Å²) in [7, 11) is 4.23. The molecule has 0 saturated heterocycles. The summed E-state index contributed by atoms with van der Waals surface area (Å²) >= 11 is 0. The highest BCUT2D eigenvalue weighted by Gasteiger charge is 2.27. The lowest BCUT2D eigenvalue weighted by Gasteiger charge is -2.38. The van der Waals surface area contributed by atoms with Crippen molar-refractivity contribution >= 4 is 0 Å². The Morgan fingerprint density at radius 2 is 1.75 bits per heavy atom. The van der Waals surface area contributed by atoms with E-state index in [1.165, 1.54) is 25.7 Å². The van der Waals surface area contributed by atoms with E-state index in [9.17, 15) is 5.11 Å². The van der Waals surface area contributed by atoms with E-state index in [-0.39, 0.29) is 6.10 Å². The topological polar surface area (TPSA) is 26.7 Å². The summed E-state index contributed by atoms with van der Waals surface area (Å²) in [5.41, 5.74) is 0. The fraction of sp³-hybridized carbons (Fsp3) is 1.00. The normalized spacial score (nSPS) is 26.6. The minimum Gasteiger partial charge on any atom is -0.391 e. The molecule has 0 unspecified atom stereocenters. The summed E-state index contributed by atoms with van der Waals surface area (Å²) in [5.74, 6) is 0. The Bertz CT molecular complexity index is 185. The Hall–Kier alpha value is -0.120. The molecule has 1 N–H and O–H groups in total. The van der Waals surface area contributed by atoms with E-state index in [1.54, 1.807) is 0 Å². The lowest BCUT2D eigenvalue weighted by Crippen LogP contribution is -2.48. The molecule has 0 aliphatic heterocycles. The van der Waals surface area contributed by atoms with Gasteiger partial charge < -0.3 is 10.0 Å². The predicted molar refractivity (Wildman–Crippen MR) is 68.7 cm³/mol. The third-order valence-electron chi connectivity index (χ3n) is 3.51. The van der Waals surface area contributed by atoms with Crippen LogP contribution >= 0.6 is 0 Å². The molecule has 2 atom stereocenters. The highest BCUT2D eigenvalue weighted by molar-refractivity contribution is 4.83. The second kappa shape index (κ2) is 7.25. The van der Waals surface area contributed by atoms with Crippen LogP contribution < -0.4 is 0 Å². The van der Waals surface area contributed by atoms with E-state index >= 15 is 0 Å². The first-order chi connectivity index (χ1) is 7.65. The zero-order chi connectivity index (χ0) is 12.0. The Kier molecular flexibility index (Phi) is 6.32. The van der Waals surface area contributed by atoms with Gasteiger partial charge in [-0.2, -0.15) is 0 Å². The number of aliphatic hydroxyl groups excluding tert-OH is 1. The number of rotatable bonds is 6. The lowest BCUT2D eigenvalue weighted by molar-refractivity contribution is 0.0172.